The average molecular weight is 465 g/mol. The molecule has 0 aromatic heterocycles. The Bertz CT molecular complexity index is 1090. The number of benzene rings is 2. The molecule has 2 saturated heterocycles. The van der Waals surface area contributed by atoms with Gasteiger partial charge in [0.2, 0.25) is 5.91 Å². The highest BCUT2D eigenvalue weighted by Gasteiger charge is 2.45. The van der Waals surface area contributed by atoms with Gasteiger partial charge in [-0.2, -0.15) is 0 Å². The van der Waals surface area contributed by atoms with Gasteiger partial charge < -0.3 is 14.4 Å². The predicted octanol–water partition coefficient (Wildman–Crippen LogP) is 3.13. The highest BCUT2D eigenvalue weighted by molar-refractivity contribution is 6.23. The Balaban J connectivity index is 1.60. The molecule has 0 saturated carbocycles. The van der Waals surface area contributed by atoms with Crippen LogP contribution in [0, 0.1) is 6.92 Å². The molecule has 2 aliphatic heterocycles. The maximum Gasteiger partial charge on any atom is 0.338 e. The molecule has 2 aliphatic rings. The van der Waals surface area contributed by atoms with Gasteiger partial charge in [0.05, 0.1) is 30.4 Å². The number of anilines is 1. The number of carbonyl (C=O) groups is 4. The van der Waals surface area contributed by atoms with Crippen molar-refractivity contribution in [2.75, 3.05) is 24.7 Å². The summed E-state index contributed by atoms with van der Waals surface area (Å²) in [5.41, 5.74) is 1.98. The third kappa shape index (κ3) is 4.72. The molecule has 8 nitrogen and oxygen atoms in total. The summed E-state index contributed by atoms with van der Waals surface area (Å²) in [6.07, 6.45) is 1.41. The topological polar surface area (TPSA) is 93.2 Å². The summed E-state index contributed by atoms with van der Waals surface area (Å²) >= 11 is 0. The van der Waals surface area contributed by atoms with Gasteiger partial charge in [0, 0.05) is 18.7 Å². The summed E-state index contributed by atoms with van der Waals surface area (Å²) in [7, 11) is 0. The third-order valence-electron chi connectivity index (χ3n) is 6.20. The van der Waals surface area contributed by atoms with E-state index in [0.29, 0.717) is 23.4 Å². The minimum absolute atomic E-state index is 0.108. The van der Waals surface area contributed by atoms with Crippen LogP contribution >= 0.6 is 0 Å². The normalized spacial score (nSPS) is 20.0. The molecule has 4 rings (SSSR count). The lowest BCUT2D eigenvalue weighted by Crippen LogP contribution is -2.48. The van der Waals surface area contributed by atoms with E-state index in [2.05, 4.69) is 0 Å². The van der Waals surface area contributed by atoms with Crippen molar-refractivity contribution in [1.29, 1.82) is 0 Å². The van der Waals surface area contributed by atoms with Crippen LogP contribution in [0.4, 0.5) is 5.69 Å². The molecule has 3 amide bonds. The summed E-state index contributed by atoms with van der Waals surface area (Å²) in [5.74, 6) is -1.63. The molecule has 0 N–H and O–H groups in total. The number of nitrogens with zero attached hydrogens (tertiary/aromatic N) is 2. The smallest absolute Gasteiger partial charge is 0.338 e. The van der Waals surface area contributed by atoms with E-state index < -0.39 is 23.8 Å². The molecule has 178 valence electrons. The lowest BCUT2D eigenvalue weighted by Gasteiger charge is -2.30. The van der Waals surface area contributed by atoms with Gasteiger partial charge in [-0.15, -0.1) is 0 Å². The summed E-state index contributed by atoms with van der Waals surface area (Å²) in [6.45, 7) is 4.67. The summed E-state index contributed by atoms with van der Waals surface area (Å²) in [5, 5.41) is 0. The number of carbonyl (C=O) groups excluding carboxylic acids is 4. The van der Waals surface area contributed by atoms with Crippen LogP contribution in [0.1, 0.15) is 52.5 Å². The van der Waals surface area contributed by atoms with Crippen LogP contribution in [-0.2, 0) is 19.1 Å². The van der Waals surface area contributed by atoms with Gasteiger partial charge in [-0.1, -0.05) is 18.2 Å². The Morgan fingerprint density at radius 2 is 1.85 bits per heavy atom. The van der Waals surface area contributed by atoms with Crippen molar-refractivity contribution in [3.8, 4) is 0 Å². The molecule has 2 atom stereocenters. The molecule has 0 spiro atoms. The van der Waals surface area contributed by atoms with Gasteiger partial charge in [0.25, 0.3) is 11.8 Å². The van der Waals surface area contributed by atoms with E-state index in [1.165, 1.54) is 29.2 Å². The van der Waals surface area contributed by atoms with Crippen molar-refractivity contribution in [3.63, 3.8) is 0 Å². The first kappa shape index (κ1) is 23.6. The fourth-order valence-electron chi connectivity index (χ4n) is 4.42. The quantitative estimate of drug-likeness (QED) is 0.462. The fourth-order valence-corrected chi connectivity index (χ4v) is 4.42. The van der Waals surface area contributed by atoms with Gasteiger partial charge in [-0.05, 0) is 62.6 Å². The Morgan fingerprint density at radius 3 is 2.50 bits per heavy atom. The van der Waals surface area contributed by atoms with Crippen molar-refractivity contribution >= 4 is 29.4 Å². The molecule has 2 heterocycles. The lowest BCUT2D eigenvalue weighted by atomic mass is 10.0. The number of imide groups is 1. The number of rotatable bonds is 7. The van der Waals surface area contributed by atoms with Crippen LogP contribution in [-0.4, -0.2) is 60.5 Å². The Kier molecular flexibility index (Phi) is 7.07. The second kappa shape index (κ2) is 10.2. The summed E-state index contributed by atoms with van der Waals surface area (Å²) in [4.78, 5) is 54.4. The minimum atomic E-state index is -0.923. The number of hydrogen-bond acceptors (Lipinski definition) is 6. The van der Waals surface area contributed by atoms with E-state index in [0.717, 1.165) is 23.3 Å². The highest BCUT2D eigenvalue weighted by atomic mass is 16.5. The van der Waals surface area contributed by atoms with Crippen molar-refractivity contribution in [2.45, 2.75) is 45.3 Å². The SMILES string of the molecule is CCOC(=O)c1ccc(N2C(=O)CC(N(CC3CCCO3)C(=O)c3ccccc3C)C2=O)cc1. The van der Waals surface area contributed by atoms with Gasteiger partial charge in [0.15, 0.2) is 0 Å². The Labute approximate surface area is 198 Å². The molecule has 8 heteroatoms. The first-order valence-electron chi connectivity index (χ1n) is 11.5. The van der Waals surface area contributed by atoms with Gasteiger partial charge >= 0.3 is 5.97 Å². The maximum atomic E-state index is 13.6. The van der Waals surface area contributed by atoms with Gasteiger partial charge in [0.1, 0.15) is 6.04 Å². The zero-order valence-corrected chi connectivity index (χ0v) is 19.4. The highest BCUT2D eigenvalue weighted by Crippen LogP contribution is 2.29. The average Bonchev–Trinajstić information content (AvgIpc) is 3.45. The molecular formula is C26H28N2O6. The Hall–Kier alpha value is -3.52. The van der Waals surface area contributed by atoms with E-state index in [1.807, 2.05) is 19.1 Å². The molecule has 34 heavy (non-hydrogen) atoms. The van der Waals surface area contributed by atoms with E-state index in [9.17, 15) is 19.2 Å². The maximum absolute atomic E-state index is 13.6. The van der Waals surface area contributed by atoms with Crippen molar-refractivity contribution in [2.24, 2.45) is 0 Å². The zero-order valence-electron chi connectivity index (χ0n) is 19.4. The first-order valence-corrected chi connectivity index (χ1v) is 11.5. The second-order valence-corrected chi connectivity index (χ2v) is 8.46. The van der Waals surface area contributed by atoms with E-state index in [4.69, 9.17) is 9.47 Å². The molecular weight excluding hydrogens is 436 g/mol. The van der Waals surface area contributed by atoms with Crippen LogP contribution in [0.15, 0.2) is 48.5 Å². The van der Waals surface area contributed by atoms with Crippen LogP contribution in [0.25, 0.3) is 0 Å². The van der Waals surface area contributed by atoms with E-state index >= 15 is 0 Å². The molecule has 2 unspecified atom stereocenters. The van der Waals surface area contributed by atoms with Crippen molar-refractivity contribution < 1.29 is 28.7 Å². The molecule has 2 aromatic rings. The minimum Gasteiger partial charge on any atom is -0.462 e. The molecule has 2 aromatic carbocycles. The first-order chi connectivity index (χ1) is 16.4. The standard InChI is InChI=1S/C26H28N2O6/c1-3-33-26(32)18-10-12-19(13-11-18)28-23(29)15-22(25(28)31)27(16-20-8-6-14-34-20)24(30)21-9-5-4-7-17(21)2/h4-5,7,9-13,20,22H,3,6,8,14-16H2,1-2H3. The molecule has 0 bridgehead atoms. The van der Waals surface area contributed by atoms with Crippen LogP contribution in [0.3, 0.4) is 0 Å². The monoisotopic (exact) mass is 464 g/mol. The van der Waals surface area contributed by atoms with E-state index in [1.54, 1.807) is 19.1 Å². The summed E-state index contributed by atoms with van der Waals surface area (Å²) < 4.78 is 10.7. The number of hydrogen-bond donors (Lipinski definition) is 0. The number of aryl methyl sites for hydroxylation is 1. The molecule has 0 aliphatic carbocycles. The van der Waals surface area contributed by atoms with E-state index in [-0.39, 0.29) is 31.6 Å². The van der Waals surface area contributed by atoms with Crippen LogP contribution in [0.2, 0.25) is 0 Å². The number of ether oxygens (including phenoxy) is 2. The largest absolute Gasteiger partial charge is 0.462 e. The third-order valence-corrected chi connectivity index (χ3v) is 6.20. The van der Waals surface area contributed by atoms with Gasteiger partial charge in [-0.25, -0.2) is 9.69 Å². The number of amides is 3. The lowest BCUT2D eigenvalue weighted by molar-refractivity contribution is -0.122. The fraction of sp³-hybridized carbons (Fsp3) is 0.385. The molecule has 2 fully saturated rings. The second-order valence-electron chi connectivity index (χ2n) is 8.46. The van der Waals surface area contributed by atoms with Crippen LogP contribution in [0.5, 0.6) is 0 Å². The zero-order chi connectivity index (χ0) is 24.2. The Morgan fingerprint density at radius 1 is 1.12 bits per heavy atom. The van der Waals surface area contributed by atoms with Crippen LogP contribution < -0.4 is 4.90 Å². The van der Waals surface area contributed by atoms with Crippen molar-refractivity contribution in [1.82, 2.24) is 4.90 Å². The predicted molar refractivity (Wildman–Crippen MR) is 124 cm³/mol. The van der Waals surface area contributed by atoms with Crippen molar-refractivity contribution in [3.05, 3.63) is 65.2 Å². The number of esters is 1. The van der Waals surface area contributed by atoms with Gasteiger partial charge in [-0.3, -0.25) is 14.4 Å². The molecule has 0 radical (unpaired) electrons. The summed E-state index contributed by atoms with van der Waals surface area (Å²) in [6, 6.07) is 12.4.